The Bertz CT molecular complexity index is 601. The van der Waals surface area contributed by atoms with Gasteiger partial charge in [-0.15, -0.1) is 0 Å². The first kappa shape index (κ1) is 15.6. The second-order valence-electron chi connectivity index (χ2n) is 4.41. The normalized spacial score (nSPS) is 10.7. The first-order valence-corrected chi connectivity index (χ1v) is 6.97. The van der Waals surface area contributed by atoms with Crippen molar-refractivity contribution in [1.29, 1.82) is 0 Å². The zero-order valence-corrected chi connectivity index (χ0v) is 12.7. The molecule has 21 heavy (non-hydrogen) atoms. The van der Waals surface area contributed by atoms with Gasteiger partial charge in [0.2, 0.25) is 11.7 Å². The number of benzene rings is 1. The van der Waals surface area contributed by atoms with E-state index in [9.17, 15) is 0 Å². The van der Waals surface area contributed by atoms with Crippen LogP contribution in [0.2, 0.25) is 5.02 Å². The standard InChI is InChI=1S/C14H17ClN2O4/c1-3-4-13-16-12(17-21-13)8-20-14-10(15)5-9(7-18)6-11(14)19-2/h5-6,18H,3-4,7-8H2,1-2H3. The van der Waals surface area contributed by atoms with Crippen molar-refractivity contribution in [1.82, 2.24) is 10.1 Å². The first-order chi connectivity index (χ1) is 10.2. The van der Waals surface area contributed by atoms with Crippen molar-refractivity contribution in [2.45, 2.75) is 33.0 Å². The molecule has 2 aromatic rings. The van der Waals surface area contributed by atoms with Gasteiger partial charge < -0.3 is 19.1 Å². The van der Waals surface area contributed by atoms with E-state index in [1.807, 2.05) is 6.92 Å². The summed E-state index contributed by atoms with van der Waals surface area (Å²) < 4.78 is 15.9. The average Bonchev–Trinajstić information content (AvgIpc) is 2.93. The maximum atomic E-state index is 9.15. The lowest BCUT2D eigenvalue weighted by Crippen LogP contribution is -2.01. The first-order valence-electron chi connectivity index (χ1n) is 6.59. The number of methoxy groups -OCH3 is 1. The molecule has 0 bridgehead atoms. The Morgan fingerprint density at radius 2 is 2.19 bits per heavy atom. The van der Waals surface area contributed by atoms with Gasteiger partial charge in [0.15, 0.2) is 18.1 Å². The van der Waals surface area contributed by atoms with Gasteiger partial charge in [-0.2, -0.15) is 4.98 Å². The third-order valence-electron chi connectivity index (χ3n) is 2.79. The predicted octanol–water partition coefficient (Wildman–Crippen LogP) is 2.76. The van der Waals surface area contributed by atoms with E-state index in [1.54, 1.807) is 12.1 Å². The Hall–Kier alpha value is -1.79. The molecule has 1 aromatic carbocycles. The van der Waals surface area contributed by atoms with Gasteiger partial charge in [0.25, 0.3) is 0 Å². The molecule has 2 rings (SSSR count). The van der Waals surface area contributed by atoms with Crippen LogP contribution < -0.4 is 9.47 Å². The van der Waals surface area contributed by atoms with Crippen LogP contribution in [-0.4, -0.2) is 22.4 Å². The molecule has 0 saturated carbocycles. The SMILES string of the molecule is CCCc1nc(COc2c(Cl)cc(CO)cc2OC)no1. The van der Waals surface area contributed by atoms with Crippen LogP contribution in [0, 0.1) is 0 Å². The summed E-state index contributed by atoms with van der Waals surface area (Å²) in [5, 5.41) is 13.3. The molecule has 6 nitrogen and oxygen atoms in total. The second-order valence-corrected chi connectivity index (χ2v) is 4.82. The minimum Gasteiger partial charge on any atom is -0.493 e. The van der Waals surface area contributed by atoms with E-state index < -0.39 is 0 Å². The summed E-state index contributed by atoms with van der Waals surface area (Å²) in [7, 11) is 1.51. The highest BCUT2D eigenvalue weighted by molar-refractivity contribution is 6.32. The number of hydrogen-bond acceptors (Lipinski definition) is 6. The molecule has 0 aliphatic carbocycles. The molecule has 1 N–H and O–H groups in total. The number of hydrogen-bond donors (Lipinski definition) is 1. The lowest BCUT2D eigenvalue weighted by atomic mass is 10.2. The van der Waals surface area contributed by atoms with E-state index in [0.717, 1.165) is 12.8 Å². The van der Waals surface area contributed by atoms with Crippen LogP contribution in [0.3, 0.4) is 0 Å². The molecule has 7 heteroatoms. The molecular weight excluding hydrogens is 296 g/mol. The van der Waals surface area contributed by atoms with Gasteiger partial charge in [-0.05, 0) is 24.1 Å². The van der Waals surface area contributed by atoms with Crippen LogP contribution in [0.1, 0.15) is 30.6 Å². The number of aliphatic hydroxyl groups is 1. The molecule has 0 radical (unpaired) electrons. The highest BCUT2D eigenvalue weighted by atomic mass is 35.5. The quantitative estimate of drug-likeness (QED) is 0.847. The average molecular weight is 313 g/mol. The third-order valence-corrected chi connectivity index (χ3v) is 3.07. The third kappa shape index (κ3) is 3.86. The highest BCUT2D eigenvalue weighted by Gasteiger charge is 2.14. The highest BCUT2D eigenvalue weighted by Crippen LogP contribution is 2.36. The van der Waals surface area contributed by atoms with Crippen LogP contribution in [0.5, 0.6) is 11.5 Å². The molecule has 0 atom stereocenters. The van der Waals surface area contributed by atoms with Gasteiger partial charge in [-0.25, -0.2) is 0 Å². The number of aliphatic hydroxyl groups excluding tert-OH is 1. The summed E-state index contributed by atoms with van der Waals surface area (Å²) in [6.07, 6.45) is 1.67. The van der Waals surface area contributed by atoms with Gasteiger partial charge in [0.1, 0.15) is 0 Å². The van der Waals surface area contributed by atoms with Crippen molar-refractivity contribution in [3.05, 3.63) is 34.4 Å². The Kier molecular flexibility index (Phi) is 5.41. The molecule has 0 aliphatic rings. The largest absolute Gasteiger partial charge is 0.493 e. The Morgan fingerprint density at radius 1 is 1.38 bits per heavy atom. The molecular formula is C14H17ClN2O4. The Morgan fingerprint density at radius 3 is 2.86 bits per heavy atom. The van der Waals surface area contributed by atoms with Gasteiger partial charge in [0.05, 0.1) is 18.7 Å². The molecule has 0 unspecified atom stereocenters. The van der Waals surface area contributed by atoms with Crippen LogP contribution >= 0.6 is 11.6 Å². The molecule has 1 aromatic heterocycles. The minimum atomic E-state index is -0.123. The zero-order chi connectivity index (χ0) is 15.2. The summed E-state index contributed by atoms with van der Waals surface area (Å²) in [4.78, 5) is 4.21. The number of ether oxygens (including phenoxy) is 2. The summed E-state index contributed by atoms with van der Waals surface area (Å²) in [5.74, 6) is 1.87. The minimum absolute atomic E-state index is 0.123. The molecule has 0 spiro atoms. The van der Waals surface area contributed by atoms with Crippen molar-refractivity contribution in [3.8, 4) is 11.5 Å². The molecule has 114 valence electrons. The van der Waals surface area contributed by atoms with Crippen LogP contribution in [0.25, 0.3) is 0 Å². The van der Waals surface area contributed by atoms with Crippen LogP contribution in [0.15, 0.2) is 16.7 Å². The van der Waals surface area contributed by atoms with Crippen molar-refractivity contribution in [2.75, 3.05) is 7.11 Å². The van der Waals surface area contributed by atoms with Gasteiger partial charge in [-0.1, -0.05) is 23.7 Å². The molecule has 0 amide bonds. The predicted molar refractivity (Wildman–Crippen MR) is 76.6 cm³/mol. The van der Waals surface area contributed by atoms with Crippen LogP contribution in [0.4, 0.5) is 0 Å². The van der Waals surface area contributed by atoms with E-state index in [-0.39, 0.29) is 13.2 Å². The maximum absolute atomic E-state index is 9.15. The Balaban J connectivity index is 2.11. The number of rotatable bonds is 7. The van der Waals surface area contributed by atoms with Gasteiger partial charge in [-0.3, -0.25) is 0 Å². The van der Waals surface area contributed by atoms with Crippen molar-refractivity contribution in [3.63, 3.8) is 0 Å². The fraction of sp³-hybridized carbons (Fsp3) is 0.429. The van der Waals surface area contributed by atoms with E-state index >= 15 is 0 Å². The van der Waals surface area contributed by atoms with Gasteiger partial charge in [0, 0.05) is 6.42 Å². The molecule has 0 fully saturated rings. The smallest absolute Gasteiger partial charge is 0.226 e. The fourth-order valence-electron chi connectivity index (χ4n) is 1.81. The number of aryl methyl sites for hydroxylation is 1. The summed E-state index contributed by atoms with van der Waals surface area (Å²) in [5.41, 5.74) is 0.647. The lowest BCUT2D eigenvalue weighted by Gasteiger charge is -2.12. The van der Waals surface area contributed by atoms with Gasteiger partial charge >= 0.3 is 0 Å². The Labute approximate surface area is 127 Å². The molecule has 0 aliphatic heterocycles. The van der Waals surface area contributed by atoms with Crippen LogP contribution in [-0.2, 0) is 19.6 Å². The van der Waals surface area contributed by atoms with E-state index in [4.69, 9.17) is 30.7 Å². The van der Waals surface area contributed by atoms with Crippen molar-refractivity contribution in [2.24, 2.45) is 0 Å². The molecule has 0 saturated heterocycles. The van der Waals surface area contributed by atoms with Crippen molar-refractivity contribution >= 4 is 11.6 Å². The summed E-state index contributed by atoms with van der Waals surface area (Å²) in [6.45, 7) is 2.04. The fourth-order valence-corrected chi connectivity index (χ4v) is 2.09. The number of aromatic nitrogens is 2. The monoisotopic (exact) mass is 312 g/mol. The zero-order valence-electron chi connectivity index (χ0n) is 11.9. The van der Waals surface area contributed by atoms with E-state index in [1.165, 1.54) is 7.11 Å². The van der Waals surface area contributed by atoms with E-state index in [0.29, 0.717) is 33.8 Å². The second kappa shape index (κ2) is 7.28. The topological polar surface area (TPSA) is 77.6 Å². The summed E-state index contributed by atoms with van der Waals surface area (Å²) >= 11 is 6.13. The van der Waals surface area contributed by atoms with E-state index in [2.05, 4.69) is 10.1 Å². The molecule has 1 heterocycles. The lowest BCUT2D eigenvalue weighted by molar-refractivity contribution is 0.265. The number of halogens is 1. The maximum Gasteiger partial charge on any atom is 0.226 e. The van der Waals surface area contributed by atoms with Crippen molar-refractivity contribution < 1.29 is 19.1 Å². The number of nitrogens with zero attached hydrogens (tertiary/aromatic N) is 2. The summed E-state index contributed by atoms with van der Waals surface area (Å²) in [6, 6.07) is 3.29.